The number of nitrogens with zero attached hydrogens (tertiary/aromatic N) is 2. The fourth-order valence-electron chi connectivity index (χ4n) is 1.16. The Kier molecular flexibility index (Phi) is 3.60. The molecule has 0 saturated carbocycles. The van der Waals surface area contributed by atoms with Crippen LogP contribution in [0.15, 0.2) is 17.1 Å². The molecule has 0 unspecified atom stereocenters. The molecule has 1 rings (SSSR count). The fraction of sp³-hybridized carbons (Fsp3) is 0.500. The third-order valence-corrected chi connectivity index (χ3v) is 1.86. The highest BCUT2D eigenvalue weighted by Gasteiger charge is 2.14. The van der Waals surface area contributed by atoms with Crippen LogP contribution < -0.4 is 5.56 Å². The molecule has 0 spiro atoms. The van der Waals surface area contributed by atoms with Crippen molar-refractivity contribution in [3.63, 3.8) is 0 Å². The third kappa shape index (κ3) is 2.43. The molecule has 0 N–H and O–H groups in total. The average Bonchev–Trinajstić information content (AvgIpc) is 2.17. The van der Waals surface area contributed by atoms with Crippen LogP contribution >= 0.6 is 0 Å². The predicted molar refractivity (Wildman–Crippen MR) is 54.8 cm³/mol. The largest absolute Gasteiger partial charge is 0.462 e. The van der Waals surface area contributed by atoms with Gasteiger partial charge in [-0.1, -0.05) is 0 Å². The minimum atomic E-state index is -0.598. The van der Waals surface area contributed by atoms with Crippen molar-refractivity contribution in [2.24, 2.45) is 0 Å². The van der Waals surface area contributed by atoms with Crippen molar-refractivity contribution in [3.05, 3.63) is 28.2 Å². The fourth-order valence-corrected chi connectivity index (χ4v) is 1.16. The summed E-state index contributed by atoms with van der Waals surface area (Å²) >= 11 is 0. The molecule has 15 heavy (non-hydrogen) atoms. The minimum Gasteiger partial charge on any atom is -0.462 e. The Labute approximate surface area is 87.7 Å². The van der Waals surface area contributed by atoms with Crippen LogP contribution in [0.4, 0.5) is 0 Å². The van der Waals surface area contributed by atoms with Crippen molar-refractivity contribution < 1.29 is 9.53 Å². The van der Waals surface area contributed by atoms with Gasteiger partial charge in [0.25, 0.3) is 5.56 Å². The van der Waals surface area contributed by atoms with Gasteiger partial charge in [0.15, 0.2) is 0 Å². The van der Waals surface area contributed by atoms with Crippen LogP contribution in [-0.4, -0.2) is 22.4 Å². The van der Waals surface area contributed by atoms with E-state index in [9.17, 15) is 9.59 Å². The van der Waals surface area contributed by atoms with E-state index in [-0.39, 0.29) is 18.2 Å². The molecule has 0 aliphatic heterocycles. The van der Waals surface area contributed by atoms with Gasteiger partial charge < -0.3 is 4.74 Å². The Morgan fingerprint density at radius 3 is 2.80 bits per heavy atom. The molecule has 1 heterocycles. The predicted octanol–water partition coefficient (Wildman–Crippen LogP) is 1.00. The number of esters is 1. The molecule has 0 fully saturated rings. The van der Waals surface area contributed by atoms with E-state index >= 15 is 0 Å². The van der Waals surface area contributed by atoms with E-state index in [1.165, 1.54) is 16.9 Å². The second-order valence-corrected chi connectivity index (χ2v) is 3.31. The monoisotopic (exact) mass is 210 g/mol. The van der Waals surface area contributed by atoms with Crippen LogP contribution in [0.5, 0.6) is 0 Å². The smallest absolute Gasteiger partial charge is 0.343 e. The van der Waals surface area contributed by atoms with Gasteiger partial charge in [-0.25, -0.2) is 9.48 Å². The van der Waals surface area contributed by atoms with Crippen molar-refractivity contribution >= 4 is 5.97 Å². The number of carbonyl (C=O) groups is 1. The van der Waals surface area contributed by atoms with Gasteiger partial charge in [0.1, 0.15) is 5.56 Å². The zero-order chi connectivity index (χ0) is 11.4. The molecule has 0 aromatic carbocycles. The lowest BCUT2D eigenvalue weighted by atomic mass is 10.3. The number of ether oxygens (including phenoxy) is 1. The summed E-state index contributed by atoms with van der Waals surface area (Å²) in [6, 6.07) is 1.30. The molecule has 0 amide bonds. The number of hydrogen-bond donors (Lipinski definition) is 0. The number of hydrogen-bond acceptors (Lipinski definition) is 4. The van der Waals surface area contributed by atoms with Gasteiger partial charge in [0.05, 0.1) is 12.6 Å². The van der Waals surface area contributed by atoms with Gasteiger partial charge in [-0.2, -0.15) is 5.10 Å². The van der Waals surface area contributed by atoms with E-state index in [1.54, 1.807) is 6.92 Å². The summed E-state index contributed by atoms with van der Waals surface area (Å²) < 4.78 is 6.02. The van der Waals surface area contributed by atoms with Crippen molar-refractivity contribution in [1.82, 2.24) is 9.78 Å². The van der Waals surface area contributed by atoms with Crippen LogP contribution in [0.2, 0.25) is 0 Å². The molecule has 1 aromatic rings. The summed E-state index contributed by atoms with van der Waals surface area (Å²) in [5.41, 5.74) is -0.383. The molecule has 0 bridgehead atoms. The minimum absolute atomic E-state index is 0.0283. The molecule has 0 aliphatic rings. The lowest BCUT2D eigenvalue weighted by Crippen LogP contribution is -2.30. The Morgan fingerprint density at radius 2 is 2.27 bits per heavy atom. The Bertz CT molecular complexity index is 409. The highest BCUT2D eigenvalue weighted by atomic mass is 16.5. The summed E-state index contributed by atoms with van der Waals surface area (Å²) in [4.78, 5) is 23.1. The van der Waals surface area contributed by atoms with E-state index in [0.717, 1.165) is 0 Å². The SMILES string of the molecule is CCOC(=O)c1ccnn(C(C)C)c1=O. The lowest BCUT2D eigenvalue weighted by molar-refractivity contribution is 0.0523. The standard InChI is InChI=1S/C10H14N2O3/c1-4-15-10(14)8-5-6-11-12(7(2)3)9(8)13/h5-7H,4H2,1-3H3. The van der Waals surface area contributed by atoms with E-state index < -0.39 is 11.5 Å². The molecule has 0 atom stereocenters. The molecule has 5 nitrogen and oxygen atoms in total. The summed E-state index contributed by atoms with van der Waals surface area (Å²) in [5.74, 6) is -0.598. The maximum Gasteiger partial charge on any atom is 0.343 e. The maximum atomic E-state index is 11.7. The number of aromatic nitrogens is 2. The maximum absolute atomic E-state index is 11.7. The zero-order valence-electron chi connectivity index (χ0n) is 9.06. The van der Waals surface area contributed by atoms with Gasteiger partial charge in [-0.3, -0.25) is 4.79 Å². The number of carbonyl (C=O) groups excluding carboxylic acids is 1. The van der Waals surface area contributed by atoms with E-state index in [0.29, 0.717) is 0 Å². The molecule has 1 aromatic heterocycles. The quantitative estimate of drug-likeness (QED) is 0.698. The third-order valence-electron chi connectivity index (χ3n) is 1.86. The molecular formula is C10H14N2O3. The first-order valence-corrected chi connectivity index (χ1v) is 4.82. The summed E-state index contributed by atoms with van der Waals surface area (Å²) in [6.07, 6.45) is 1.42. The van der Waals surface area contributed by atoms with Crippen molar-refractivity contribution in [1.29, 1.82) is 0 Å². The van der Waals surface area contributed by atoms with Crippen LogP contribution in [0, 0.1) is 0 Å². The van der Waals surface area contributed by atoms with Crippen LogP contribution in [-0.2, 0) is 4.74 Å². The van der Waals surface area contributed by atoms with E-state index in [2.05, 4.69) is 5.10 Å². The zero-order valence-corrected chi connectivity index (χ0v) is 9.06. The summed E-state index contributed by atoms with van der Waals surface area (Å²) in [5, 5.41) is 3.88. The van der Waals surface area contributed by atoms with Crippen LogP contribution in [0.1, 0.15) is 37.2 Å². The van der Waals surface area contributed by atoms with Gasteiger partial charge >= 0.3 is 5.97 Å². The average molecular weight is 210 g/mol. The molecular weight excluding hydrogens is 196 g/mol. The number of rotatable bonds is 3. The van der Waals surface area contributed by atoms with Gasteiger partial charge in [0, 0.05) is 6.20 Å². The molecule has 82 valence electrons. The molecule has 0 aliphatic carbocycles. The van der Waals surface area contributed by atoms with Gasteiger partial charge in [-0.05, 0) is 26.8 Å². The summed E-state index contributed by atoms with van der Waals surface area (Å²) in [7, 11) is 0. The van der Waals surface area contributed by atoms with Crippen LogP contribution in [0.3, 0.4) is 0 Å². The molecule has 5 heteroatoms. The highest BCUT2D eigenvalue weighted by Crippen LogP contribution is 1.99. The van der Waals surface area contributed by atoms with Crippen molar-refractivity contribution in [2.45, 2.75) is 26.8 Å². The first-order chi connectivity index (χ1) is 7.07. The second-order valence-electron chi connectivity index (χ2n) is 3.31. The van der Waals surface area contributed by atoms with Crippen molar-refractivity contribution in [2.75, 3.05) is 6.61 Å². The first-order valence-electron chi connectivity index (χ1n) is 4.82. The van der Waals surface area contributed by atoms with Gasteiger partial charge in [-0.15, -0.1) is 0 Å². The summed E-state index contributed by atoms with van der Waals surface area (Å²) in [6.45, 7) is 5.59. The lowest BCUT2D eigenvalue weighted by Gasteiger charge is -2.08. The Morgan fingerprint density at radius 1 is 1.60 bits per heavy atom. The highest BCUT2D eigenvalue weighted by molar-refractivity contribution is 5.88. The van der Waals surface area contributed by atoms with E-state index in [4.69, 9.17) is 4.74 Å². The Balaban J connectivity index is 3.16. The van der Waals surface area contributed by atoms with Gasteiger partial charge in [0.2, 0.25) is 0 Å². The first kappa shape index (κ1) is 11.4. The van der Waals surface area contributed by atoms with Crippen molar-refractivity contribution in [3.8, 4) is 0 Å². The topological polar surface area (TPSA) is 61.2 Å². The second kappa shape index (κ2) is 4.72. The van der Waals surface area contributed by atoms with Crippen LogP contribution in [0.25, 0.3) is 0 Å². The molecule has 0 saturated heterocycles. The Hall–Kier alpha value is -1.65. The molecule has 0 radical (unpaired) electrons. The van der Waals surface area contributed by atoms with E-state index in [1.807, 2.05) is 13.8 Å². The normalized spacial score (nSPS) is 10.4.